The van der Waals surface area contributed by atoms with E-state index in [9.17, 15) is 14.4 Å². The molecule has 3 aromatic rings. The predicted octanol–water partition coefficient (Wildman–Crippen LogP) is 3.11. The van der Waals surface area contributed by atoms with Crippen molar-refractivity contribution in [2.24, 2.45) is 0 Å². The van der Waals surface area contributed by atoms with Crippen LogP contribution in [0, 0.1) is 13.8 Å². The number of ketones is 2. The fourth-order valence-corrected chi connectivity index (χ4v) is 3.04. The zero-order valence-electron chi connectivity index (χ0n) is 16.3. The molecule has 7 nitrogen and oxygen atoms in total. The topological polar surface area (TPSA) is 87.5 Å². The second kappa shape index (κ2) is 8.52. The molecule has 0 spiro atoms. The summed E-state index contributed by atoms with van der Waals surface area (Å²) in [7, 11) is 1.44. The third kappa shape index (κ3) is 4.08. The molecule has 1 heterocycles. The number of nitrogens with zero attached hydrogens (tertiary/aromatic N) is 2. The van der Waals surface area contributed by atoms with Gasteiger partial charge in [0.05, 0.1) is 35.3 Å². The van der Waals surface area contributed by atoms with Crippen LogP contribution in [-0.2, 0) is 9.53 Å². The molecule has 0 atom stereocenters. The van der Waals surface area contributed by atoms with E-state index in [0.29, 0.717) is 17.1 Å². The quantitative estimate of drug-likeness (QED) is 0.349. The molecule has 0 saturated carbocycles. The van der Waals surface area contributed by atoms with E-state index in [1.165, 1.54) is 7.11 Å². The number of hydrogen-bond acceptors (Lipinski definition) is 6. The molecule has 148 valence electrons. The van der Waals surface area contributed by atoms with Crippen LogP contribution in [0.5, 0.6) is 5.75 Å². The monoisotopic (exact) mass is 392 g/mol. The van der Waals surface area contributed by atoms with Crippen molar-refractivity contribution in [3.8, 4) is 11.4 Å². The number of aryl methyl sites for hydroxylation is 1. The first-order valence-corrected chi connectivity index (χ1v) is 8.93. The van der Waals surface area contributed by atoms with Crippen LogP contribution in [0.4, 0.5) is 0 Å². The van der Waals surface area contributed by atoms with Gasteiger partial charge in [0.2, 0.25) is 5.78 Å². The molecule has 0 saturated heterocycles. The smallest absolute Gasteiger partial charge is 0.380 e. The number of carbonyl (C=O) groups excluding carboxylic acids is 3. The Morgan fingerprint density at radius 3 is 2.31 bits per heavy atom. The minimum absolute atomic E-state index is 0.170. The third-order valence-corrected chi connectivity index (χ3v) is 4.45. The first-order chi connectivity index (χ1) is 13.9. The van der Waals surface area contributed by atoms with Gasteiger partial charge in [-0.25, -0.2) is 9.48 Å². The first-order valence-electron chi connectivity index (χ1n) is 8.93. The summed E-state index contributed by atoms with van der Waals surface area (Å²) in [5.74, 6) is -2.03. The molecule has 0 bridgehead atoms. The number of Topliss-reactive ketones (excluding diaryl/α,β-unsaturated/α-hetero) is 2. The van der Waals surface area contributed by atoms with Crippen LogP contribution >= 0.6 is 0 Å². The molecule has 7 heteroatoms. The van der Waals surface area contributed by atoms with Crippen molar-refractivity contribution >= 4 is 17.5 Å². The summed E-state index contributed by atoms with van der Waals surface area (Å²) in [6, 6.07) is 15.9. The lowest BCUT2D eigenvalue weighted by Gasteiger charge is -2.08. The van der Waals surface area contributed by atoms with Crippen LogP contribution in [-0.4, -0.2) is 41.0 Å². The molecule has 0 radical (unpaired) electrons. The van der Waals surface area contributed by atoms with E-state index in [0.717, 1.165) is 5.69 Å². The summed E-state index contributed by atoms with van der Waals surface area (Å²) in [6.45, 7) is 2.79. The highest BCUT2D eigenvalue weighted by atomic mass is 16.5. The molecule has 0 fully saturated rings. The molecule has 0 amide bonds. The van der Waals surface area contributed by atoms with Crippen molar-refractivity contribution in [1.29, 1.82) is 0 Å². The van der Waals surface area contributed by atoms with Crippen molar-refractivity contribution in [2.75, 3.05) is 13.7 Å². The molecule has 0 N–H and O–H groups in total. The number of rotatable bonds is 7. The number of para-hydroxylation sites is 2. The molecule has 1 aromatic heterocycles. The number of methoxy groups -OCH3 is 1. The van der Waals surface area contributed by atoms with Crippen molar-refractivity contribution in [1.82, 2.24) is 9.78 Å². The number of ether oxygens (including phenoxy) is 2. The molecule has 3 rings (SSSR count). The van der Waals surface area contributed by atoms with Gasteiger partial charge >= 0.3 is 5.97 Å². The summed E-state index contributed by atoms with van der Waals surface area (Å²) in [4.78, 5) is 37.3. The number of benzene rings is 2. The zero-order valence-corrected chi connectivity index (χ0v) is 16.3. The van der Waals surface area contributed by atoms with Gasteiger partial charge in [0.25, 0.3) is 5.78 Å². The molecular weight excluding hydrogens is 372 g/mol. The number of hydrogen-bond donors (Lipinski definition) is 0. The van der Waals surface area contributed by atoms with Crippen LogP contribution in [0.2, 0.25) is 0 Å². The minimum Gasteiger partial charge on any atom is -0.496 e. The molecule has 0 aliphatic rings. The van der Waals surface area contributed by atoms with Crippen LogP contribution in [0.15, 0.2) is 54.6 Å². The van der Waals surface area contributed by atoms with Gasteiger partial charge in [-0.2, -0.15) is 5.10 Å². The minimum atomic E-state index is -1.10. The Balaban J connectivity index is 1.75. The summed E-state index contributed by atoms with van der Waals surface area (Å²) in [5, 5.41) is 4.35. The van der Waals surface area contributed by atoms with E-state index >= 15 is 0 Å². The Morgan fingerprint density at radius 1 is 0.966 bits per heavy atom. The lowest BCUT2D eigenvalue weighted by molar-refractivity contribution is -0.137. The van der Waals surface area contributed by atoms with Gasteiger partial charge in [-0.05, 0) is 38.1 Å². The van der Waals surface area contributed by atoms with E-state index in [1.54, 1.807) is 42.8 Å². The Hall–Kier alpha value is -3.74. The molecule has 2 aromatic carbocycles. The third-order valence-electron chi connectivity index (χ3n) is 4.45. The lowest BCUT2D eigenvalue weighted by atomic mass is 10.1. The highest BCUT2D eigenvalue weighted by Crippen LogP contribution is 2.20. The van der Waals surface area contributed by atoms with Crippen molar-refractivity contribution in [3.63, 3.8) is 0 Å². The van der Waals surface area contributed by atoms with E-state index in [4.69, 9.17) is 9.47 Å². The Morgan fingerprint density at radius 2 is 1.62 bits per heavy atom. The molecular formula is C22H20N2O5. The van der Waals surface area contributed by atoms with Gasteiger partial charge in [0, 0.05) is 0 Å². The second-order valence-electron chi connectivity index (χ2n) is 6.32. The maximum atomic E-state index is 12.6. The summed E-state index contributed by atoms with van der Waals surface area (Å²) >= 11 is 0. The highest BCUT2D eigenvalue weighted by Gasteiger charge is 2.27. The van der Waals surface area contributed by atoms with E-state index < -0.39 is 24.1 Å². The first kappa shape index (κ1) is 20.0. The fraction of sp³-hybridized carbons (Fsp3) is 0.182. The van der Waals surface area contributed by atoms with Gasteiger partial charge in [-0.1, -0.05) is 30.3 Å². The molecule has 0 aliphatic carbocycles. The van der Waals surface area contributed by atoms with Gasteiger partial charge in [0.15, 0.2) is 6.61 Å². The van der Waals surface area contributed by atoms with E-state index in [-0.39, 0.29) is 11.1 Å². The lowest BCUT2D eigenvalue weighted by Crippen LogP contribution is -2.22. The Bertz CT molecular complexity index is 1070. The van der Waals surface area contributed by atoms with E-state index in [1.807, 2.05) is 30.3 Å². The van der Waals surface area contributed by atoms with Gasteiger partial charge < -0.3 is 9.47 Å². The summed E-state index contributed by atoms with van der Waals surface area (Å²) < 4.78 is 11.7. The molecule has 0 unspecified atom stereocenters. The maximum absolute atomic E-state index is 12.6. The van der Waals surface area contributed by atoms with Crippen LogP contribution < -0.4 is 4.74 Å². The number of esters is 1. The largest absolute Gasteiger partial charge is 0.496 e. The summed E-state index contributed by atoms with van der Waals surface area (Å²) in [5.41, 5.74) is 2.14. The zero-order chi connectivity index (χ0) is 21.0. The van der Waals surface area contributed by atoms with Crippen LogP contribution in [0.25, 0.3) is 5.69 Å². The van der Waals surface area contributed by atoms with Crippen LogP contribution in [0.1, 0.15) is 32.1 Å². The number of carbonyl (C=O) groups is 3. The van der Waals surface area contributed by atoms with Crippen molar-refractivity contribution in [3.05, 3.63) is 77.1 Å². The van der Waals surface area contributed by atoms with Gasteiger partial charge in [-0.15, -0.1) is 0 Å². The van der Waals surface area contributed by atoms with Gasteiger partial charge in [-0.3, -0.25) is 9.59 Å². The highest BCUT2D eigenvalue weighted by molar-refractivity contribution is 6.41. The SMILES string of the molecule is COc1ccccc1C(=O)COC(=O)C(=O)c1c(C)nn(-c2ccccc2)c1C. The van der Waals surface area contributed by atoms with Crippen molar-refractivity contribution in [2.45, 2.75) is 13.8 Å². The molecule has 29 heavy (non-hydrogen) atoms. The van der Waals surface area contributed by atoms with Crippen LogP contribution in [0.3, 0.4) is 0 Å². The number of aromatic nitrogens is 2. The normalized spacial score (nSPS) is 10.4. The Kier molecular flexibility index (Phi) is 5.87. The fourth-order valence-electron chi connectivity index (χ4n) is 3.04. The van der Waals surface area contributed by atoms with Crippen molar-refractivity contribution < 1.29 is 23.9 Å². The average molecular weight is 392 g/mol. The second-order valence-corrected chi connectivity index (χ2v) is 6.32. The summed E-state index contributed by atoms with van der Waals surface area (Å²) in [6.07, 6.45) is 0. The van der Waals surface area contributed by atoms with E-state index in [2.05, 4.69) is 5.10 Å². The average Bonchev–Trinajstić information content (AvgIpc) is 3.05. The standard InChI is InChI=1S/C22H20N2O5/c1-14-20(15(2)24(23-14)16-9-5-4-6-10-16)21(26)22(27)29-13-18(25)17-11-7-8-12-19(17)28-3/h4-12H,13H2,1-3H3. The van der Waals surface area contributed by atoms with Gasteiger partial charge in [0.1, 0.15) is 5.75 Å². The predicted molar refractivity (Wildman–Crippen MR) is 106 cm³/mol. The maximum Gasteiger partial charge on any atom is 0.380 e. The molecule has 0 aliphatic heterocycles. The Labute approximate surface area is 167 Å².